The molecule has 0 spiro atoms. The molecule has 0 saturated heterocycles. The SMILES string of the molecule is Cc1[nH]c(=O)[nH]c(=O)c1C=NNC(=O)[C@H](C)N. The van der Waals surface area contributed by atoms with Crippen molar-refractivity contribution in [1.82, 2.24) is 15.4 Å². The highest BCUT2D eigenvalue weighted by molar-refractivity contribution is 5.84. The Morgan fingerprint density at radius 3 is 2.65 bits per heavy atom. The Labute approximate surface area is 95.9 Å². The molecule has 0 bridgehead atoms. The van der Waals surface area contributed by atoms with E-state index in [0.717, 1.165) is 6.21 Å². The predicted molar refractivity (Wildman–Crippen MR) is 61.8 cm³/mol. The lowest BCUT2D eigenvalue weighted by atomic mass is 10.2. The van der Waals surface area contributed by atoms with Crippen molar-refractivity contribution in [3.05, 3.63) is 32.1 Å². The van der Waals surface area contributed by atoms with E-state index in [0.29, 0.717) is 5.69 Å². The third-order valence-corrected chi connectivity index (χ3v) is 1.96. The lowest BCUT2D eigenvalue weighted by molar-refractivity contribution is -0.121. The molecule has 0 unspecified atom stereocenters. The van der Waals surface area contributed by atoms with Crippen molar-refractivity contribution < 1.29 is 4.79 Å². The van der Waals surface area contributed by atoms with Crippen molar-refractivity contribution in [3.8, 4) is 0 Å². The largest absolute Gasteiger partial charge is 0.325 e. The van der Waals surface area contributed by atoms with Gasteiger partial charge in [-0.1, -0.05) is 0 Å². The Morgan fingerprint density at radius 1 is 1.47 bits per heavy atom. The van der Waals surface area contributed by atoms with E-state index in [1.165, 1.54) is 6.92 Å². The Morgan fingerprint density at radius 2 is 2.12 bits per heavy atom. The van der Waals surface area contributed by atoms with Gasteiger partial charge in [0.05, 0.1) is 17.8 Å². The molecular weight excluding hydrogens is 226 g/mol. The highest BCUT2D eigenvalue weighted by atomic mass is 16.2. The van der Waals surface area contributed by atoms with Crippen LogP contribution in [0.4, 0.5) is 0 Å². The Bertz CT molecular complexity index is 554. The lowest BCUT2D eigenvalue weighted by Gasteiger charge is -2.02. The summed E-state index contributed by atoms with van der Waals surface area (Å²) >= 11 is 0. The van der Waals surface area contributed by atoms with E-state index in [4.69, 9.17) is 5.73 Å². The van der Waals surface area contributed by atoms with Gasteiger partial charge in [0.2, 0.25) is 0 Å². The van der Waals surface area contributed by atoms with Gasteiger partial charge >= 0.3 is 5.69 Å². The van der Waals surface area contributed by atoms with Crippen LogP contribution < -0.4 is 22.4 Å². The van der Waals surface area contributed by atoms with Gasteiger partial charge in [0.15, 0.2) is 0 Å². The van der Waals surface area contributed by atoms with Crippen LogP contribution in [0.1, 0.15) is 18.2 Å². The molecule has 0 aliphatic carbocycles. The van der Waals surface area contributed by atoms with Gasteiger partial charge in [-0.05, 0) is 13.8 Å². The molecule has 1 rings (SSSR count). The van der Waals surface area contributed by atoms with Crippen LogP contribution in [0, 0.1) is 6.92 Å². The summed E-state index contributed by atoms with van der Waals surface area (Å²) < 4.78 is 0. The number of carbonyl (C=O) groups excluding carboxylic acids is 1. The van der Waals surface area contributed by atoms with E-state index in [1.807, 2.05) is 4.98 Å². The summed E-state index contributed by atoms with van der Waals surface area (Å²) in [6.45, 7) is 3.05. The van der Waals surface area contributed by atoms with Crippen LogP contribution in [0.5, 0.6) is 0 Å². The number of amides is 1. The van der Waals surface area contributed by atoms with Gasteiger partial charge < -0.3 is 10.7 Å². The second-order valence-electron chi connectivity index (χ2n) is 3.47. The molecule has 8 heteroatoms. The number of hydrogen-bond donors (Lipinski definition) is 4. The minimum atomic E-state index is -0.692. The number of nitrogens with zero attached hydrogens (tertiary/aromatic N) is 1. The molecule has 1 heterocycles. The first-order valence-electron chi connectivity index (χ1n) is 4.83. The van der Waals surface area contributed by atoms with E-state index in [9.17, 15) is 14.4 Å². The molecule has 17 heavy (non-hydrogen) atoms. The number of nitrogens with two attached hydrogens (primary N) is 1. The van der Waals surface area contributed by atoms with Crippen molar-refractivity contribution in [2.45, 2.75) is 19.9 Å². The van der Waals surface area contributed by atoms with Crippen molar-refractivity contribution in [3.63, 3.8) is 0 Å². The molecule has 0 saturated carbocycles. The zero-order valence-corrected chi connectivity index (χ0v) is 9.40. The highest BCUT2D eigenvalue weighted by Gasteiger charge is 2.05. The third kappa shape index (κ3) is 3.38. The Balaban J connectivity index is 2.90. The van der Waals surface area contributed by atoms with Crippen molar-refractivity contribution in [2.24, 2.45) is 10.8 Å². The highest BCUT2D eigenvalue weighted by Crippen LogP contribution is 1.89. The van der Waals surface area contributed by atoms with E-state index in [1.54, 1.807) is 6.92 Å². The molecule has 0 aliphatic heterocycles. The monoisotopic (exact) mass is 239 g/mol. The van der Waals surface area contributed by atoms with Gasteiger partial charge in [-0.3, -0.25) is 14.6 Å². The lowest BCUT2D eigenvalue weighted by Crippen LogP contribution is -2.35. The fraction of sp³-hybridized carbons (Fsp3) is 0.333. The van der Waals surface area contributed by atoms with Crippen molar-refractivity contribution in [2.75, 3.05) is 0 Å². The zero-order chi connectivity index (χ0) is 13.0. The van der Waals surface area contributed by atoms with Crippen LogP contribution in [-0.2, 0) is 4.79 Å². The second kappa shape index (κ2) is 5.21. The molecule has 1 aromatic rings. The maximum Gasteiger partial charge on any atom is 0.325 e. The molecule has 1 amide bonds. The molecule has 5 N–H and O–H groups in total. The first-order valence-corrected chi connectivity index (χ1v) is 4.83. The summed E-state index contributed by atoms with van der Waals surface area (Å²) in [5.41, 5.74) is 6.80. The number of H-pyrrole nitrogens is 2. The molecular formula is C9H13N5O3. The smallest absolute Gasteiger partial charge is 0.320 e. The van der Waals surface area contributed by atoms with Crippen molar-refractivity contribution >= 4 is 12.1 Å². The summed E-state index contributed by atoms with van der Waals surface area (Å²) in [6.07, 6.45) is 1.14. The van der Waals surface area contributed by atoms with Crippen LogP contribution in [0.15, 0.2) is 14.7 Å². The number of hydrazone groups is 1. The van der Waals surface area contributed by atoms with E-state index in [2.05, 4.69) is 15.5 Å². The molecule has 1 atom stereocenters. The van der Waals surface area contributed by atoms with Crippen LogP contribution in [0.3, 0.4) is 0 Å². The van der Waals surface area contributed by atoms with Gasteiger partial charge in [-0.15, -0.1) is 0 Å². The number of aryl methyl sites for hydroxylation is 1. The number of aromatic amines is 2. The fourth-order valence-corrected chi connectivity index (χ4v) is 1.03. The van der Waals surface area contributed by atoms with Gasteiger partial charge in [-0.2, -0.15) is 5.10 Å². The Kier molecular flexibility index (Phi) is 3.94. The normalized spacial score (nSPS) is 12.6. The second-order valence-corrected chi connectivity index (χ2v) is 3.47. The zero-order valence-electron chi connectivity index (χ0n) is 9.40. The summed E-state index contributed by atoms with van der Waals surface area (Å²) in [4.78, 5) is 37.8. The summed E-state index contributed by atoms with van der Waals surface area (Å²) in [5.74, 6) is -0.472. The number of carbonyl (C=O) groups is 1. The quantitative estimate of drug-likeness (QED) is 0.364. The predicted octanol–water partition coefficient (Wildman–Crippen LogP) is -1.83. The molecule has 0 fully saturated rings. The van der Waals surface area contributed by atoms with Crippen LogP contribution in [0.2, 0.25) is 0 Å². The van der Waals surface area contributed by atoms with Crippen LogP contribution in [-0.4, -0.2) is 28.1 Å². The standard InChI is InChI=1S/C9H13N5O3/c1-4(10)7(15)14-11-3-6-5(2)12-9(17)13-8(6)16/h3-4H,10H2,1-2H3,(H,14,15)(H2,12,13,16,17)/t4-/m0/s1. The third-order valence-electron chi connectivity index (χ3n) is 1.96. The Hall–Kier alpha value is -2.22. The maximum absolute atomic E-state index is 11.4. The van der Waals surface area contributed by atoms with Gasteiger partial charge in [0, 0.05) is 5.69 Å². The molecule has 92 valence electrons. The van der Waals surface area contributed by atoms with E-state index < -0.39 is 23.2 Å². The summed E-state index contributed by atoms with van der Waals surface area (Å²) in [6, 6.07) is -0.692. The number of hydrogen-bond acceptors (Lipinski definition) is 5. The first kappa shape index (κ1) is 12.8. The van der Waals surface area contributed by atoms with Gasteiger partial charge in [-0.25, -0.2) is 10.2 Å². The molecule has 0 aliphatic rings. The van der Waals surface area contributed by atoms with Crippen LogP contribution in [0.25, 0.3) is 0 Å². The van der Waals surface area contributed by atoms with E-state index in [-0.39, 0.29) is 5.56 Å². The minimum absolute atomic E-state index is 0.162. The maximum atomic E-state index is 11.4. The average Bonchev–Trinajstić information content (AvgIpc) is 2.21. The van der Waals surface area contributed by atoms with Gasteiger partial charge in [0.25, 0.3) is 11.5 Å². The topological polar surface area (TPSA) is 133 Å². The number of aromatic nitrogens is 2. The average molecular weight is 239 g/mol. The number of rotatable bonds is 3. The summed E-state index contributed by atoms with van der Waals surface area (Å²) in [7, 11) is 0. The number of nitrogens with one attached hydrogen (secondary N) is 3. The van der Waals surface area contributed by atoms with Crippen molar-refractivity contribution in [1.29, 1.82) is 0 Å². The van der Waals surface area contributed by atoms with Gasteiger partial charge in [0.1, 0.15) is 0 Å². The minimum Gasteiger partial charge on any atom is -0.320 e. The molecule has 8 nitrogen and oxygen atoms in total. The first-order chi connectivity index (χ1) is 7.91. The summed E-state index contributed by atoms with van der Waals surface area (Å²) in [5, 5.41) is 3.57. The molecule has 0 radical (unpaired) electrons. The van der Waals surface area contributed by atoms with E-state index >= 15 is 0 Å². The fourth-order valence-electron chi connectivity index (χ4n) is 1.03. The molecule has 1 aromatic heterocycles. The molecule has 0 aromatic carbocycles. The van der Waals surface area contributed by atoms with Crippen LogP contribution >= 0.6 is 0 Å².